The Kier molecular flexibility index (Phi) is 3.84. The molecule has 6 nitrogen and oxygen atoms in total. The topological polar surface area (TPSA) is 85.8 Å². The minimum Gasteiger partial charge on any atom is -0.396 e. The fourth-order valence-corrected chi connectivity index (χ4v) is 2.52. The van der Waals surface area contributed by atoms with Crippen molar-refractivity contribution in [3.63, 3.8) is 0 Å². The normalized spacial score (nSPS) is 10.9. The molecule has 0 aliphatic carbocycles. The number of nitrogens with one attached hydrogen (secondary N) is 1. The third-order valence-corrected chi connectivity index (χ3v) is 3.49. The molecule has 3 N–H and O–H groups in total. The summed E-state index contributed by atoms with van der Waals surface area (Å²) < 4.78 is 1.57. The Morgan fingerprint density at radius 2 is 2.32 bits per heavy atom. The molecule has 0 atom stereocenters. The van der Waals surface area contributed by atoms with Crippen LogP contribution in [0.15, 0.2) is 11.6 Å². The molecular weight excluding hydrogens is 262 g/mol. The van der Waals surface area contributed by atoms with Gasteiger partial charge in [0, 0.05) is 11.9 Å². The summed E-state index contributed by atoms with van der Waals surface area (Å²) in [5, 5.41) is 9.33. The lowest BCUT2D eigenvalue weighted by Gasteiger charge is -2.05. The van der Waals surface area contributed by atoms with Crippen LogP contribution in [0, 0.1) is 0 Å². The Balaban J connectivity index is 2.18. The lowest BCUT2D eigenvalue weighted by Crippen LogP contribution is -2.18. The molecule has 2 heterocycles. The van der Waals surface area contributed by atoms with E-state index in [1.54, 1.807) is 4.68 Å². The van der Waals surface area contributed by atoms with Crippen molar-refractivity contribution in [2.24, 2.45) is 0 Å². The van der Waals surface area contributed by atoms with Crippen LogP contribution < -0.4 is 11.1 Å². The number of aromatic nitrogens is 3. The molecule has 19 heavy (non-hydrogen) atoms. The van der Waals surface area contributed by atoms with E-state index in [9.17, 15) is 4.79 Å². The zero-order valence-corrected chi connectivity index (χ0v) is 12.0. The predicted molar refractivity (Wildman–Crippen MR) is 76.5 cm³/mol. The first kappa shape index (κ1) is 13.5. The molecule has 0 unspecified atom stereocenters. The highest BCUT2D eigenvalue weighted by Crippen LogP contribution is 2.22. The Morgan fingerprint density at radius 1 is 1.58 bits per heavy atom. The van der Waals surface area contributed by atoms with Gasteiger partial charge < -0.3 is 5.73 Å². The zero-order valence-electron chi connectivity index (χ0n) is 11.2. The number of aryl methyl sites for hydroxylation is 1. The van der Waals surface area contributed by atoms with E-state index in [0.717, 1.165) is 5.69 Å². The number of nitrogens with zero attached hydrogens (tertiary/aromatic N) is 3. The van der Waals surface area contributed by atoms with Crippen LogP contribution in [0.25, 0.3) is 0 Å². The molecule has 0 aliphatic heterocycles. The molecule has 0 aromatic carbocycles. The van der Waals surface area contributed by atoms with Gasteiger partial charge in [-0.15, -0.1) is 11.3 Å². The van der Waals surface area contributed by atoms with Crippen LogP contribution in [0.1, 0.15) is 42.9 Å². The highest BCUT2D eigenvalue weighted by molar-refractivity contribution is 7.14. The van der Waals surface area contributed by atoms with Crippen molar-refractivity contribution < 1.29 is 4.79 Å². The lowest BCUT2D eigenvalue weighted by molar-refractivity contribution is 0.101. The molecule has 2 rings (SSSR count). The number of carbonyl (C=O) groups excluding carboxylic acids is 1. The minimum atomic E-state index is -0.276. The second-order valence-electron chi connectivity index (χ2n) is 4.45. The Bertz CT molecular complexity index is 587. The number of thiazole rings is 1. The summed E-state index contributed by atoms with van der Waals surface area (Å²) in [6.45, 7) is 6.62. The molecule has 102 valence electrons. The van der Waals surface area contributed by atoms with Gasteiger partial charge in [0.2, 0.25) is 0 Å². The van der Waals surface area contributed by atoms with Crippen LogP contribution in [0.5, 0.6) is 0 Å². The van der Waals surface area contributed by atoms with Gasteiger partial charge >= 0.3 is 0 Å². The fraction of sp³-hybridized carbons (Fsp3) is 0.417. The van der Waals surface area contributed by atoms with E-state index in [1.165, 1.54) is 17.5 Å². The Morgan fingerprint density at radius 3 is 2.89 bits per heavy atom. The van der Waals surface area contributed by atoms with E-state index in [2.05, 4.69) is 29.2 Å². The molecule has 0 bridgehead atoms. The lowest BCUT2D eigenvalue weighted by atomic mass is 10.2. The Labute approximate surface area is 115 Å². The number of amides is 1. The maximum Gasteiger partial charge on any atom is 0.277 e. The first-order chi connectivity index (χ1) is 9.02. The molecule has 0 saturated heterocycles. The Hall–Kier alpha value is -1.89. The summed E-state index contributed by atoms with van der Waals surface area (Å²) in [7, 11) is 0. The van der Waals surface area contributed by atoms with E-state index in [1.807, 2.05) is 12.3 Å². The molecule has 0 spiro atoms. The van der Waals surface area contributed by atoms with Gasteiger partial charge in [0.05, 0.1) is 17.6 Å². The molecule has 2 aromatic heterocycles. The first-order valence-electron chi connectivity index (χ1n) is 6.11. The average Bonchev–Trinajstić information content (AvgIpc) is 2.95. The van der Waals surface area contributed by atoms with Crippen LogP contribution in [-0.2, 0) is 6.54 Å². The SMILES string of the molecule is CCn1ncc(N)c1C(=O)Nc1nc(C(C)C)cs1. The number of hydrogen-bond acceptors (Lipinski definition) is 5. The van der Waals surface area contributed by atoms with Crippen LogP contribution >= 0.6 is 11.3 Å². The largest absolute Gasteiger partial charge is 0.396 e. The second kappa shape index (κ2) is 5.40. The van der Waals surface area contributed by atoms with Gasteiger partial charge in [0.15, 0.2) is 5.13 Å². The number of nitrogens with two attached hydrogens (primary N) is 1. The number of nitrogen functional groups attached to an aromatic ring is 1. The van der Waals surface area contributed by atoms with Crippen LogP contribution in [0.3, 0.4) is 0 Å². The minimum absolute atomic E-state index is 0.276. The predicted octanol–water partition coefficient (Wildman–Crippen LogP) is 2.32. The molecule has 2 aromatic rings. The third kappa shape index (κ3) is 2.76. The quantitative estimate of drug-likeness (QED) is 0.899. The van der Waals surface area contributed by atoms with E-state index in [0.29, 0.717) is 29.0 Å². The van der Waals surface area contributed by atoms with Gasteiger partial charge in [-0.25, -0.2) is 4.98 Å². The maximum absolute atomic E-state index is 12.2. The van der Waals surface area contributed by atoms with E-state index < -0.39 is 0 Å². The number of rotatable bonds is 4. The smallest absolute Gasteiger partial charge is 0.277 e. The monoisotopic (exact) mass is 279 g/mol. The van der Waals surface area contributed by atoms with E-state index in [-0.39, 0.29) is 5.91 Å². The first-order valence-corrected chi connectivity index (χ1v) is 6.99. The fourth-order valence-electron chi connectivity index (χ4n) is 1.65. The van der Waals surface area contributed by atoms with Gasteiger partial charge in [-0.3, -0.25) is 14.8 Å². The van der Waals surface area contributed by atoms with Crippen molar-refractivity contribution >= 4 is 28.1 Å². The summed E-state index contributed by atoms with van der Waals surface area (Å²) in [4.78, 5) is 16.5. The van der Waals surface area contributed by atoms with Crippen LogP contribution in [0.2, 0.25) is 0 Å². The summed E-state index contributed by atoms with van der Waals surface area (Å²) in [6, 6.07) is 0. The van der Waals surface area contributed by atoms with Crippen molar-refractivity contribution in [2.45, 2.75) is 33.2 Å². The van der Waals surface area contributed by atoms with Gasteiger partial charge in [-0.1, -0.05) is 13.8 Å². The molecular formula is C12H17N5OS. The van der Waals surface area contributed by atoms with E-state index >= 15 is 0 Å². The van der Waals surface area contributed by atoms with Crippen molar-refractivity contribution in [3.05, 3.63) is 23.0 Å². The van der Waals surface area contributed by atoms with Crippen molar-refractivity contribution in [1.29, 1.82) is 0 Å². The van der Waals surface area contributed by atoms with Gasteiger partial charge in [-0.05, 0) is 12.8 Å². The van der Waals surface area contributed by atoms with Gasteiger partial charge in [0.1, 0.15) is 5.69 Å². The summed E-state index contributed by atoms with van der Waals surface area (Å²) >= 11 is 1.41. The molecule has 0 radical (unpaired) electrons. The zero-order chi connectivity index (χ0) is 14.0. The number of hydrogen-bond donors (Lipinski definition) is 2. The average molecular weight is 279 g/mol. The van der Waals surface area contributed by atoms with Gasteiger partial charge in [-0.2, -0.15) is 5.10 Å². The highest BCUT2D eigenvalue weighted by Gasteiger charge is 2.17. The molecule has 0 aliphatic rings. The maximum atomic E-state index is 12.2. The molecule has 0 saturated carbocycles. The van der Waals surface area contributed by atoms with Crippen LogP contribution in [0.4, 0.5) is 10.8 Å². The van der Waals surface area contributed by atoms with Crippen molar-refractivity contribution in [3.8, 4) is 0 Å². The van der Waals surface area contributed by atoms with Crippen molar-refractivity contribution in [2.75, 3.05) is 11.1 Å². The standard InChI is InChI=1S/C12H17N5OS/c1-4-17-10(8(13)5-14-17)11(18)16-12-15-9(6-19-12)7(2)3/h5-7H,4,13H2,1-3H3,(H,15,16,18). The summed E-state index contributed by atoms with van der Waals surface area (Å²) in [6.07, 6.45) is 1.49. The highest BCUT2D eigenvalue weighted by atomic mass is 32.1. The van der Waals surface area contributed by atoms with Crippen LogP contribution in [-0.4, -0.2) is 20.7 Å². The van der Waals surface area contributed by atoms with E-state index in [4.69, 9.17) is 5.73 Å². The third-order valence-electron chi connectivity index (χ3n) is 2.72. The summed E-state index contributed by atoms with van der Waals surface area (Å²) in [5.74, 6) is 0.0645. The molecule has 0 fully saturated rings. The molecule has 1 amide bonds. The second-order valence-corrected chi connectivity index (χ2v) is 5.31. The van der Waals surface area contributed by atoms with Gasteiger partial charge in [0.25, 0.3) is 5.91 Å². The number of carbonyl (C=O) groups is 1. The van der Waals surface area contributed by atoms with Crippen molar-refractivity contribution in [1.82, 2.24) is 14.8 Å². The number of anilines is 2. The summed E-state index contributed by atoms with van der Waals surface area (Å²) in [5.41, 5.74) is 7.49. The molecule has 7 heteroatoms.